The van der Waals surface area contributed by atoms with Gasteiger partial charge in [0.2, 0.25) is 0 Å². The fourth-order valence-electron chi connectivity index (χ4n) is 3.23. The van der Waals surface area contributed by atoms with E-state index in [1.807, 2.05) is 24.3 Å². The van der Waals surface area contributed by atoms with Crippen molar-refractivity contribution in [3.05, 3.63) is 107 Å². The van der Waals surface area contributed by atoms with Gasteiger partial charge in [0, 0.05) is 12.1 Å². The van der Waals surface area contributed by atoms with Crippen LogP contribution >= 0.6 is 0 Å². The van der Waals surface area contributed by atoms with Gasteiger partial charge in [-0.05, 0) is 55.4 Å². The molecule has 0 fully saturated rings. The van der Waals surface area contributed by atoms with E-state index in [0.717, 1.165) is 36.8 Å². The molecule has 2 heteroatoms. The monoisotopic (exact) mass is 357 g/mol. The first-order valence-corrected chi connectivity index (χ1v) is 9.68. The number of carbonyl (C=O) groups excluding carboxylic acids is 1. The maximum absolute atomic E-state index is 12.6. The smallest absolute Gasteiger partial charge is 0.251 e. The Balaban J connectivity index is 1.51. The normalized spacial score (nSPS) is 10.6. The van der Waals surface area contributed by atoms with Crippen molar-refractivity contribution >= 4 is 5.91 Å². The van der Waals surface area contributed by atoms with Crippen molar-refractivity contribution in [3.63, 3.8) is 0 Å². The molecule has 0 aromatic heterocycles. The van der Waals surface area contributed by atoms with Gasteiger partial charge in [0.25, 0.3) is 5.91 Å². The van der Waals surface area contributed by atoms with Crippen LogP contribution in [0, 0.1) is 6.92 Å². The van der Waals surface area contributed by atoms with Crippen LogP contribution in [0.15, 0.2) is 78.9 Å². The quantitative estimate of drug-likeness (QED) is 0.556. The van der Waals surface area contributed by atoms with Crippen LogP contribution in [0.25, 0.3) is 0 Å². The molecule has 0 heterocycles. The molecule has 0 atom stereocenters. The Kier molecular flexibility index (Phi) is 6.81. The molecule has 1 amide bonds. The topological polar surface area (TPSA) is 29.1 Å². The molecular formula is C25H27NO. The van der Waals surface area contributed by atoms with Gasteiger partial charge in [0.05, 0.1) is 0 Å². The van der Waals surface area contributed by atoms with Gasteiger partial charge in [-0.25, -0.2) is 0 Å². The van der Waals surface area contributed by atoms with E-state index in [9.17, 15) is 4.79 Å². The van der Waals surface area contributed by atoms with Crippen molar-refractivity contribution in [2.75, 3.05) is 6.54 Å². The summed E-state index contributed by atoms with van der Waals surface area (Å²) in [5.41, 5.74) is 5.80. The van der Waals surface area contributed by atoms with E-state index >= 15 is 0 Å². The highest BCUT2D eigenvalue weighted by atomic mass is 16.1. The second kappa shape index (κ2) is 9.72. The summed E-state index contributed by atoms with van der Waals surface area (Å²) in [5.74, 6) is 0.0302. The highest BCUT2D eigenvalue weighted by molar-refractivity contribution is 5.95. The number of amides is 1. The van der Waals surface area contributed by atoms with Gasteiger partial charge >= 0.3 is 0 Å². The Morgan fingerprint density at radius 1 is 0.741 bits per heavy atom. The Bertz CT molecular complexity index is 853. The lowest BCUT2D eigenvalue weighted by atomic mass is 9.99. The van der Waals surface area contributed by atoms with Crippen LogP contribution < -0.4 is 5.32 Å². The Morgan fingerprint density at radius 2 is 1.41 bits per heavy atom. The molecule has 138 valence electrons. The van der Waals surface area contributed by atoms with Crippen LogP contribution in [-0.2, 0) is 19.3 Å². The van der Waals surface area contributed by atoms with Crippen molar-refractivity contribution in [2.24, 2.45) is 0 Å². The molecule has 2 nitrogen and oxygen atoms in total. The lowest BCUT2D eigenvalue weighted by molar-refractivity contribution is 0.0952. The summed E-state index contributed by atoms with van der Waals surface area (Å²) in [6.07, 6.45) is 3.74. The van der Waals surface area contributed by atoms with Crippen LogP contribution in [0.2, 0.25) is 0 Å². The zero-order chi connectivity index (χ0) is 18.9. The van der Waals surface area contributed by atoms with E-state index in [4.69, 9.17) is 0 Å². The predicted molar refractivity (Wildman–Crippen MR) is 112 cm³/mol. The second-order valence-corrected chi connectivity index (χ2v) is 6.99. The molecule has 0 saturated carbocycles. The predicted octanol–water partition coefficient (Wildman–Crippen LogP) is 5.14. The lowest BCUT2D eigenvalue weighted by Crippen LogP contribution is -2.26. The lowest BCUT2D eigenvalue weighted by Gasteiger charge is -2.10. The third kappa shape index (κ3) is 5.82. The number of hydrogen-bond acceptors (Lipinski definition) is 1. The first kappa shape index (κ1) is 18.9. The third-order valence-electron chi connectivity index (χ3n) is 4.84. The van der Waals surface area contributed by atoms with Gasteiger partial charge in [-0.3, -0.25) is 4.79 Å². The molecular weight excluding hydrogens is 330 g/mol. The third-order valence-corrected chi connectivity index (χ3v) is 4.84. The SMILES string of the molecule is Cc1ccc(CCCNC(=O)c2ccccc2CCc2ccccc2)cc1. The summed E-state index contributed by atoms with van der Waals surface area (Å²) in [6, 6.07) is 26.9. The fourth-order valence-corrected chi connectivity index (χ4v) is 3.23. The highest BCUT2D eigenvalue weighted by Crippen LogP contribution is 2.13. The minimum Gasteiger partial charge on any atom is -0.352 e. The van der Waals surface area contributed by atoms with E-state index in [1.54, 1.807) is 0 Å². The Labute approximate surface area is 162 Å². The number of carbonyl (C=O) groups is 1. The van der Waals surface area contributed by atoms with E-state index in [-0.39, 0.29) is 5.91 Å². The molecule has 0 bridgehead atoms. The molecule has 1 N–H and O–H groups in total. The van der Waals surface area contributed by atoms with E-state index in [1.165, 1.54) is 16.7 Å². The van der Waals surface area contributed by atoms with Crippen LogP contribution in [0.1, 0.15) is 39.0 Å². The molecule has 0 aliphatic carbocycles. The molecule has 27 heavy (non-hydrogen) atoms. The molecule has 0 saturated heterocycles. The number of aryl methyl sites for hydroxylation is 4. The van der Waals surface area contributed by atoms with Crippen molar-refractivity contribution < 1.29 is 4.79 Å². The molecule has 0 radical (unpaired) electrons. The summed E-state index contributed by atoms with van der Waals surface area (Å²) < 4.78 is 0. The maximum atomic E-state index is 12.6. The van der Waals surface area contributed by atoms with E-state index in [0.29, 0.717) is 6.54 Å². The summed E-state index contributed by atoms with van der Waals surface area (Å²) in [6.45, 7) is 2.79. The van der Waals surface area contributed by atoms with Crippen LogP contribution in [0.5, 0.6) is 0 Å². The fraction of sp³-hybridized carbons (Fsp3) is 0.240. The average Bonchev–Trinajstić information content (AvgIpc) is 2.72. The molecule has 0 unspecified atom stereocenters. The van der Waals surface area contributed by atoms with Crippen LogP contribution in [0.4, 0.5) is 0 Å². The van der Waals surface area contributed by atoms with Crippen molar-refractivity contribution in [1.82, 2.24) is 5.32 Å². The molecule has 0 spiro atoms. The number of nitrogens with one attached hydrogen (secondary N) is 1. The van der Waals surface area contributed by atoms with Crippen molar-refractivity contribution in [1.29, 1.82) is 0 Å². The van der Waals surface area contributed by atoms with Gasteiger partial charge in [0.1, 0.15) is 0 Å². The van der Waals surface area contributed by atoms with Crippen molar-refractivity contribution in [2.45, 2.75) is 32.6 Å². The molecule has 0 aliphatic heterocycles. The summed E-state index contributed by atoms with van der Waals surface area (Å²) in [7, 11) is 0. The minimum atomic E-state index is 0.0302. The number of hydrogen-bond donors (Lipinski definition) is 1. The van der Waals surface area contributed by atoms with Gasteiger partial charge in [0.15, 0.2) is 0 Å². The summed E-state index contributed by atoms with van der Waals surface area (Å²) >= 11 is 0. The number of benzene rings is 3. The summed E-state index contributed by atoms with van der Waals surface area (Å²) in [4.78, 5) is 12.6. The zero-order valence-corrected chi connectivity index (χ0v) is 15.9. The van der Waals surface area contributed by atoms with Gasteiger partial charge in [-0.1, -0.05) is 78.4 Å². The first-order chi connectivity index (χ1) is 13.2. The Hall–Kier alpha value is -2.87. The maximum Gasteiger partial charge on any atom is 0.251 e. The Morgan fingerprint density at radius 3 is 2.19 bits per heavy atom. The standard InChI is InChI=1S/C25H27NO/c1-20-13-15-22(16-14-20)10-7-19-26-25(27)24-12-6-5-11-23(24)18-17-21-8-3-2-4-9-21/h2-6,8-9,11-16H,7,10,17-19H2,1H3,(H,26,27). The molecule has 3 aromatic carbocycles. The van der Waals surface area contributed by atoms with Crippen LogP contribution in [-0.4, -0.2) is 12.5 Å². The summed E-state index contributed by atoms with van der Waals surface area (Å²) in [5, 5.41) is 3.08. The van der Waals surface area contributed by atoms with Crippen molar-refractivity contribution in [3.8, 4) is 0 Å². The second-order valence-electron chi connectivity index (χ2n) is 6.99. The molecule has 3 rings (SSSR count). The van der Waals surface area contributed by atoms with E-state index in [2.05, 4.69) is 66.8 Å². The first-order valence-electron chi connectivity index (χ1n) is 9.68. The van der Waals surface area contributed by atoms with Gasteiger partial charge < -0.3 is 5.32 Å². The zero-order valence-electron chi connectivity index (χ0n) is 15.9. The molecule has 0 aliphatic rings. The molecule has 3 aromatic rings. The van der Waals surface area contributed by atoms with E-state index < -0.39 is 0 Å². The average molecular weight is 357 g/mol. The number of rotatable bonds is 8. The minimum absolute atomic E-state index is 0.0302. The largest absolute Gasteiger partial charge is 0.352 e. The van der Waals surface area contributed by atoms with Gasteiger partial charge in [-0.15, -0.1) is 0 Å². The highest BCUT2D eigenvalue weighted by Gasteiger charge is 2.10. The van der Waals surface area contributed by atoms with Crippen LogP contribution in [0.3, 0.4) is 0 Å². The van der Waals surface area contributed by atoms with Gasteiger partial charge in [-0.2, -0.15) is 0 Å².